The summed E-state index contributed by atoms with van der Waals surface area (Å²) in [5.41, 5.74) is 0.0626. The van der Waals surface area contributed by atoms with Crippen molar-refractivity contribution in [2.24, 2.45) is 0 Å². The van der Waals surface area contributed by atoms with Gasteiger partial charge in [-0.25, -0.2) is 9.37 Å². The normalized spacial score (nSPS) is 23.9. The van der Waals surface area contributed by atoms with Crippen LogP contribution < -0.4 is 9.64 Å². The number of aromatic hydroxyl groups is 1. The van der Waals surface area contributed by atoms with E-state index in [-0.39, 0.29) is 70.4 Å². The van der Waals surface area contributed by atoms with E-state index in [9.17, 15) is 14.7 Å². The summed E-state index contributed by atoms with van der Waals surface area (Å²) in [7, 11) is 2.02. The molecular weight excluding hydrogens is 513 g/mol. The van der Waals surface area contributed by atoms with Crippen LogP contribution in [0.15, 0.2) is 30.9 Å². The molecule has 1 aromatic heterocycles. The number of fused-ring (bicyclic) bond motifs is 2. The first-order valence-corrected chi connectivity index (χ1v) is 13.0. The van der Waals surface area contributed by atoms with Crippen molar-refractivity contribution in [1.29, 1.82) is 0 Å². The number of phenols is 1. The molecule has 2 amide bonds. The molecule has 3 atom stereocenters. The van der Waals surface area contributed by atoms with E-state index in [4.69, 9.17) is 21.3 Å². The standard InChI is InChI=1S/C27H31ClFN5O4/c1-5-20(36)32-12-16(3)34-17(13-32)14-38-25-22(27(34)37)26(33-10-9-31(4)11-15(33)2)30-24(23(25)28)21-18(29)7-6-8-19(21)35/h5-8,15-17,35H,1,9-14H2,2-4H3/t15-,16-,17+/m0/s1. The number of phenolic OH excluding ortho intramolecular Hbond substituents is 1. The van der Waals surface area contributed by atoms with Crippen LogP contribution in [0.4, 0.5) is 10.2 Å². The molecule has 9 nitrogen and oxygen atoms in total. The Labute approximate surface area is 226 Å². The lowest BCUT2D eigenvalue weighted by molar-refractivity contribution is -0.130. The van der Waals surface area contributed by atoms with Gasteiger partial charge in [0.25, 0.3) is 5.91 Å². The average molecular weight is 544 g/mol. The second kappa shape index (κ2) is 10.1. The summed E-state index contributed by atoms with van der Waals surface area (Å²) in [6, 6.07) is 3.23. The Bertz CT molecular complexity index is 1290. The molecule has 2 aromatic rings. The predicted molar refractivity (Wildman–Crippen MR) is 142 cm³/mol. The molecule has 11 heteroatoms. The third kappa shape index (κ3) is 4.35. The lowest BCUT2D eigenvalue weighted by Gasteiger charge is -2.44. The number of ether oxygens (including phenoxy) is 1. The molecule has 0 aliphatic carbocycles. The summed E-state index contributed by atoms with van der Waals surface area (Å²) >= 11 is 6.81. The lowest BCUT2D eigenvalue weighted by Crippen LogP contribution is -2.61. The Balaban J connectivity index is 1.69. The van der Waals surface area contributed by atoms with Gasteiger partial charge in [-0.05, 0) is 39.1 Å². The Hall–Kier alpha value is -3.37. The first-order valence-electron chi connectivity index (χ1n) is 12.7. The zero-order valence-electron chi connectivity index (χ0n) is 21.7. The van der Waals surface area contributed by atoms with Crippen molar-refractivity contribution in [3.05, 3.63) is 47.3 Å². The number of carbonyl (C=O) groups excluding carboxylic acids is 2. The Morgan fingerprint density at radius 2 is 1.97 bits per heavy atom. The highest BCUT2D eigenvalue weighted by Gasteiger charge is 2.44. The number of piperazine rings is 2. The molecule has 0 unspecified atom stereocenters. The highest BCUT2D eigenvalue weighted by atomic mass is 35.5. The smallest absolute Gasteiger partial charge is 0.262 e. The topological polar surface area (TPSA) is 89.5 Å². The Morgan fingerprint density at radius 3 is 2.66 bits per heavy atom. The first kappa shape index (κ1) is 26.2. The predicted octanol–water partition coefficient (Wildman–Crippen LogP) is 3.01. The minimum Gasteiger partial charge on any atom is -0.507 e. The summed E-state index contributed by atoms with van der Waals surface area (Å²) in [5, 5.41) is 10.5. The van der Waals surface area contributed by atoms with Gasteiger partial charge < -0.3 is 29.4 Å². The number of pyridine rings is 1. The summed E-state index contributed by atoms with van der Waals surface area (Å²) in [6.45, 7) is 10.3. The molecule has 0 spiro atoms. The molecule has 4 heterocycles. The molecular formula is C27H31ClFN5O4. The van der Waals surface area contributed by atoms with E-state index >= 15 is 4.39 Å². The van der Waals surface area contributed by atoms with Crippen LogP contribution in [-0.2, 0) is 4.79 Å². The van der Waals surface area contributed by atoms with Gasteiger partial charge in [-0.3, -0.25) is 9.59 Å². The Kier molecular flexibility index (Phi) is 6.96. The van der Waals surface area contributed by atoms with Crippen molar-refractivity contribution < 1.29 is 23.8 Å². The largest absolute Gasteiger partial charge is 0.507 e. The zero-order chi connectivity index (χ0) is 27.3. The third-order valence-electron chi connectivity index (χ3n) is 7.55. The van der Waals surface area contributed by atoms with Crippen LogP contribution in [0.1, 0.15) is 24.2 Å². The molecule has 2 fully saturated rings. The van der Waals surface area contributed by atoms with Crippen LogP contribution in [0.25, 0.3) is 11.3 Å². The molecule has 5 rings (SSSR count). The Morgan fingerprint density at radius 1 is 1.21 bits per heavy atom. The van der Waals surface area contributed by atoms with Gasteiger partial charge in [0.05, 0.1) is 11.6 Å². The van der Waals surface area contributed by atoms with Gasteiger partial charge in [0, 0.05) is 44.8 Å². The number of hydrogen-bond donors (Lipinski definition) is 1. The van der Waals surface area contributed by atoms with Crippen LogP contribution in [0.3, 0.4) is 0 Å². The second-order valence-electron chi connectivity index (χ2n) is 10.2. The maximum Gasteiger partial charge on any atom is 0.262 e. The van der Waals surface area contributed by atoms with Crippen LogP contribution >= 0.6 is 11.6 Å². The van der Waals surface area contributed by atoms with E-state index in [1.807, 2.05) is 25.8 Å². The molecule has 3 aliphatic rings. The van der Waals surface area contributed by atoms with Gasteiger partial charge in [0.1, 0.15) is 40.3 Å². The van der Waals surface area contributed by atoms with Crippen molar-refractivity contribution in [2.45, 2.75) is 32.0 Å². The summed E-state index contributed by atoms with van der Waals surface area (Å²) in [5.74, 6) is -1.09. The molecule has 1 aromatic carbocycles. The number of aromatic nitrogens is 1. The number of halogens is 2. The van der Waals surface area contributed by atoms with Crippen LogP contribution in [0.5, 0.6) is 11.5 Å². The average Bonchev–Trinajstić information content (AvgIpc) is 3.02. The quantitative estimate of drug-likeness (QED) is 0.595. The van der Waals surface area contributed by atoms with Crippen molar-refractivity contribution in [2.75, 3.05) is 51.3 Å². The minimum absolute atomic E-state index is 0.00586. The number of likely N-dealkylation sites (N-methyl/N-ethyl adjacent to an activating group) is 1. The number of nitrogens with zero attached hydrogens (tertiary/aromatic N) is 5. The molecule has 38 heavy (non-hydrogen) atoms. The second-order valence-corrected chi connectivity index (χ2v) is 10.6. The fraction of sp³-hybridized carbons (Fsp3) is 0.444. The molecule has 1 N–H and O–H groups in total. The SMILES string of the molecule is C=CC(=O)N1C[C@@H]2COc3c(Cl)c(-c4c(O)cccc4F)nc(N4CCN(C)C[C@@H]4C)c3C(=O)N2[C@@H](C)C1. The van der Waals surface area contributed by atoms with E-state index in [1.165, 1.54) is 24.3 Å². The van der Waals surface area contributed by atoms with Crippen LogP contribution in [-0.4, -0.2) is 101 Å². The molecule has 0 saturated carbocycles. The van der Waals surface area contributed by atoms with E-state index in [2.05, 4.69) is 11.5 Å². The van der Waals surface area contributed by atoms with Gasteiger partial charge in [0.15, 0.2) is 5.75 Å². The van der Waals surface area contributed by atoms with E-state index in [0.717, 1.165) is 13.1 Å². The molecule has 3 aliphatic heterocycles. The number of hydrogen-bond acceptors (Lipinski definition) is 7. The number of benzene rings is 1. The van der Waals surface area contributed by atoms with Gasteiger partial charge in [-0.2, -0.15) is 0 Å². The maximum absolute atomic E-state index is 15.0. The summed E-state index contributed by atoms with van der Waals surface area (Å²) < 4.78 is 21.2. The van der Waals surface area contributed by atoms with Gasteiger partial charge in [0.2, 0.25) is 5.91 Å². The monoisotopic (exact) mass is 543 g/mol. The number of anilines is 1. The highest BCUT2D eigenvalue weighted by Crippen LogP contribution is 2.46. The maximum atomic E-state index is 15.0. The summed E-state index contributed by atoms with van der Waals surface area (Å²) in [4.78, 5) is 39.0. The molecule has 0 bridgehead atoms. The van der Waals surface area contributed by atoms with Crippen molar-refractivity contribution in [3.8, 4) is 22.8 Å². The van der Waals surface area contributed by atoms with Crippen molar-refractivity contribution in [1.82, 2.24) is 19.7 Å². The van der Waals surface area contributed by atoms with E-state index in [0.29, 0.717) is 18.9 Å². The lowest BCUT2D eigenvalue weighted by atomic mass is 10.0. The van der Waals surface area contributed by atoms with Crippen molar-refractivity contribution in [3.63, 3.8) is 0 Å². The van der Waals surface area contributed by atoms with E-state index < -0.39 is 11.9 Å². The molecule has 0 radical (unpaired) electrons. The minimum atomic E-state index is -0.693. The third-order valence-corrected chi connectivity index (χ3v) is 7.90. The summed E-state index contributed by atoms with van der Waals surface area (Å²) in [6.07, 6.45) is 1.26. The van der Waals surface area contributed by atoms with Crippen LogP contribution in [0, 0.1) is 5.82 Å². The fourth-order valence-electron chi connectivity index (χ4n) is 5.73. The number of carbonyl (C=O) groups is 2. The number of rotatable bonds is 3. The molecule has 2 saturated heterocycles. The number of amides is 2. The first-order chi connectivity index (χ1) is 18.1. The fourth-order valence-corrected chi connectivity index (χ4v) is 6.02. The highest BCUT2D eigenvalue weighted by molar-refractivity contribution is 6.35. The van der Waals surface area contributed by atoms with E-state index in [1.54, 1.807) is 9.80 Å². The van der Waals surface area contributed by atoms with Gasteiger partial charge in [-0.15, -0.1) is 0 Å². The zero-order valence-corrected chi connectivity index (χ0v) is 22.4. The van der Waals surface area contributed by atoms with Gasteiger partial charge in [-0.1, -0.05) is 24.2 Å². The van der Waals surface area contributed by atoms with Crippen LogP contribution in [0.2, 0.25) is 5.02 Å². The molecule has 202 valence electrons. The van der Waals surface area contributed by atoms with Gasteiger partial charge >= 0.3 is 0 Å². The van der Waals surface area contributed by atoms with Crippen molar-refractivity contribution >= 4 is 29.2 Å².